The van der Waals surface area contributed by atoms with Crippen molar-refractivity contribution in [3.63, 3.8) is 0 Å². The minimum Gasteiger partial charge on any atom is -0.473 e. The van der Waals surface area contributed by atoms with E-state index in [0.29, 0.717) is 19.0 Å². The number of amides is 1. The number of carboxylic acid groups (broad SMARTS) is 2. The summed E-state index contributed by atoms with van der Waals surface area (Å²) in [6.07, 6.45) is 0.874. The highest BCUT2D eigenvalue weighted by molar-refractivity contribution is 6.27. The van der Waals surface area contributed by atoms with Crippen LogP contribution in [0.2, 0.25) is 0 Å². The maximum atomic E-state index is 12.0. The van der Waals surface area contributed by atoms with Crippen LogP contribution in [0.25, 0.3) is 0 Å². The van der Waals surface area contributed by atoms with Gasteiger partial charge in [-0.05, 0) is 18.9 Å². The van der Waals surface area contributed by atoms with Crippen LogP contribution in [0.3, 0.4) is 0 Å². The van der Waals surface area contributed by atoms with Gasteiger partial charge in [0, 0.05) is 19.0 Å². The average molecular weight is 308 g/mol. The van der Waals surface area contributed by atoms with Gasteiger partial charge in [0.1, 0.15) is 0 Å². The lowest BCUT2D eigenvalue weighted by atomic mass is 9.98. The molecule has 1 aromatic rings. The molecule has 7 nitrogen and oxygen atoms in total. The van der Waals surface area contributed by atoms with Gasteiger partial charge < -0.3 is 21.3 Å². The molecule has 22 heavy (non-hydrogen) atoms. The molecule has 0 aromatic heterocycles. The van der Waals surface area contributed by atoms with E-state index >= 15 is 0 Å². The minimum absolute atomic E-state index is 0.103. The molecule has 1 saturated carbocycles. The first-order valence-electron chi connectivity index (χ1n) is 6.88. The Balaban J connectivity index is 0.000000346. The number of hydrogen-bond acceptors (Lipinski definition) is 4. The van der Waals surface area contributed by atoms with Crippen LogP contribution >= 0.6 is 0 Å². The number of nitrogens with one attached hydrogen (secondary N) is 1. The first-order chi connectivity index (χ1) is 10.4. The zero-order chi connectivity index (χ0) is 16.8. The highest BCUT2D eigenvalue weighted by atomic mass is 16.4. The maximum absolute atomic E-state index is 12.0. The third kappa shape index (κ3) is 4.05. The molecule has 0 bridgehead atoms. The van der Waals surface area contributed by atoms with Crippen LogP contribution in [-0.2, 0) is 14.4 Å². The molecule has 2 atom stereocenters. The van der Waals surface area contributed by atoms with E-state index in [2.05, 4.69) is 17.4 Å². The number of hydrogen-bond donors (Lipinski definition) is 4. The molecule has 0 saturated heterocycles. The predicted octanol–water partition coefficient (Wildman–Crippen LogP) is 0.411. The zero-order valence-electron chi connectivity index (χ0n) is 12.3. The average Bonchev–Trinajstić information content (AvgIpc) is 3.25. The van der Waals surface area contributed by atoms with E-state index in [1.165, 1.54) is 5.56 Å². The van der Waals surface area contributed by atoms with Crippen LogP contribution in [0.15, 0.2) is 30.3 Å². The smallest absolute Gasteiger partial charge is 0.414 e. The number of aliphatic carboxylic acids is 2. The molecule has 2 rings (SSSR count). The quantitative estimate of drug-likeness (QED) is 0.596. The van der Waals surface area contributed by atoms with Gasteiger partial charge in [-0.15, -0.1) is 0 Å². The predicted molar refractivity (Wildman–Crippen MR) is 79.2 cm³/mol. The Morgan fingerprint density at radius 1 is 1.23 bits per heavy atom. The van der Waals surface area contributed by atoms with E-state index in [9.17, 15) is 4.79 Å². The second-order valence-corrected chi connectivity index (χ2v) is 5.00. The van der Waals surface area contributed by atoms with E-state index in [1.54, 1.807) is 0 Å². The highest BCUT2D eigenvalue weighted by Crippen LogP contribution is 2.58. The van der Waals surface area contributed by atoms with E-state index in [4.69, 9.17) is 25.5 Å². The van der Waals surface area contributed by atoms with Crippen molar-refractivity contribution >= 4 is 17.8 Å². The lowest BCUT2D eigenvalue weighted by molar-refractivity contribution is -0.159. The maximum Gasteiger partial charge on any atom is 0.414 e. The Hall–Kier alpha value is -2.41. The second kappa shape index (κ2) is 7.56. The number of carbonyl (C=O) groups excluding carboxylic acids is 1. The van der Waals surface area contributed by atoms with Gasteiger partial charge in [-0.1, -0.05) is 30.3 Å². The molecule has 0 radical (unpaired) electrons. The van der Waals surface area contributed by atoms with Gasteiger partial charge in [0.05, 0.1) is 5.41 Å². The third-order valence-corrected chi connectivity index (χ3v) is 3.61. The van der Waals surface area contributed by atoms with Gasteiger partial charge in [-0.2, -0.15) is 0 Å². The minimum atomic E-state index is -1.82. The summed E-state index contributed by atoms with van der Waals surface area (Å²) in [7, 11) is 0. The Labute approximate surface area is 128 Å². The molecule has 7 heteroatoms. The molecule has 1 aromatic carbocycles. The summed E-state index contributed by atoms with van der Waals surface area (Å²) in [4.78, 5) is 30.2. The van der Waals surface area contributed by atoms with Gasteiger partial charge in [0.2, 0.25) is 5.91 Å². The summed E-state index contributed by atoms with van der Waals surface area (Å²) in [6.45, 7) is 3.03. The normalized spacial score (nSPS) is 22.0. The summed E-state index contributed by atoms with van der Waals surface area (Å²) in [5.74, 6) is -3.25. The largest absolute Gasteiger partial charge is 0.473 e. The summed E-state index contributed by atoms with van der Waals surface area (Å²) in [6, 6.07) is 10.1. The van der Waals surface area contributed by atoms with Crippen LogP contribution < -0.4 is 11.1 Å². The zero-order valence-corrected chi connectivity index (χ0v) is 12.3. The van der Waals surface area contributed by atoms with Crippen molar-refractivity contribution in [3.05, 3.63) is 35.9 Å². The van der Waals surface area contributed by atoms with Crippen LogP contribution in [0.1, 0.15) is 24.8 Å². The first-order valence-corrected chi connectivity index (χ1v) is 6.88. The molecule has 1 aliphatic rings. The Morgan fingerprint density at radius 2 is 1.77 bits per heavy atom. The fourth-order valence-corrected chi connectivity index (χ4v) is 2.33. The Bertz CT molecular complexity index is 534. The number of carboxylic acids is 2. The standard InChI is InChI=1S/C13H18N2O.C2H2O4/c1-2-15-12(16)13(9-14)8-11(13)10-6-4-3-5-7-10;3-1(4)2(5)6/h3-7,11H,2,8-9,14H2,1H3,(H,15,16);(H,3,4)(H,5,6). The van der Waals surface area contributed by atoms with Crippen molar-refractivity contribution in [2.24, 2.45) is 11.1 Å². The van der Waals surface area contributed by atoms with Crippen LogP contribution in [0.4, 0.5) is 0 Å². The van der Waals surface area contributed by atoms with Crippen molar-refractivity contribution in [1.29, 1.82) is 0 Å². The monoisotopic (exact) mass is 308 g/mol. The van der Waals surface area contributed by atoms with Crippen LogP contribution in [0.5, 0.6) is 0 Å². The lowest BCUT2D eigenvalue weighted by Gasteiger charge is -2.14. The van der Waals surface area contributed by atoms with Gasteiger partial charge >= 0.3 is 11.9 Å². The van der Waals surface area contributed by atoms with E-state index in [0.717, 1.165) is 6.42 Å². The lowest BCUT2D eigenvalue weighted by Crippen LogP contribution is -2.37. The number of rotatable bonds is 4. The molecular weight excluding hydrogens is 288 g/mol. The molecule has 1 aliphatic carbocycles. The van der Waals surface area contributed by atoms with Gasteiger partial charge in [0.15, 0.2) is 0 Å². The SMILES string of the molecule is CCNC(=O)C1(CN)CC1c1ccccc1.O=C(O)C(=O)O. The van der Waals surface area contributed by atoms with Crippen molar-refractivity contribution in [1.82, 2.24) is 5.32 Å². The Morgan fingerprint density at radius 3 is 2.18 bits per heavy atom. The summed E-state index contributed by atoms with van der Waals surface area (Å²) in [5.41, 5.74) is 6.64. The topological polar surface area (TPSA) is 130 Å². The van der Waals surface area contributed by atoms with E-state index in [1.807, 2.05) is 25.1 Å². The molecule has 1 amide bonds. The van der Waals surface area contributed by atoms with E-state index < -0.39 is 11.9 Å². The Kier molecular flexibility index (Phi) is 6.06. The van der Waals surface area contributed by atoms with Gasteiger partial charge in [0.25, 0.3) is 0 Å². The number of carbonyl (C=O) groups is 3. The van der Waals surface area contributed by atoms with Crippen molar-refractivity contribution in [3.8, 4) is 0 Å². The van der Waals surface area contributed by atoms with Crippen LogP contribution in [-0.4, -0.2) is 41.1 Å². The van der Waals surface area contributed by atoms with Crippen molar-refractivity contribution in [2.75, 3.05) is 13.1 Å². The molecule has 1 fully saturated rings. The molecule has 0 spiro atoms. The van der Waals surface area contributed by atoms with Crippen molar-refractivity contribution < 1.29 is 24.6 Å². The molecule has 5 N–H and O–H groups in total. The third-order valence-electron chi connectivity index (χ3n) is 3.61. The molecule has 0 aliphatic heterocycles. The second-order valence-electron chi connectivity index (χ2n) is 5.00. The molecule has 120 valence electrons. The molecular formula is C15H20N2O5. The molecule has 0 heterocycles. The first kappa shape index (κ1) is 17.6. The van der Waals surface area contributed by atoms with Gasteiger partial charge in [-0.3, -0.25) is 4.79 Å². The highest BCUT2D eigenvalue weighted by Gasteiger charge is 2.59. The number of benzene rings is 1. The summed E-state index contributed by atoms with van der Waals surface area (Å²) < 4.78 is 0. The molecule has 2 unspecified atom stereocenters. The summed E-state index contributed by atoms with van der Waals surface area (Å²) >= 11 is 0. The van der Waals surface area contributed by atoms with Crippen LogP contribution in [0, 0.1) is 5.41 Å². The fraction of sp³-hybridized carbons (Fsp3) is 0.400. The summed E-state index contributed by atoms with van der Waals surface area (Å²) in [5, 5.41) is 17.7. The van der Waals surface area contributed by atoms with Gasteiger partial charge in [-0.25, -0.2) is 9.59 Å². The van der Waals surface area contributed by atoms with Crippen molar-refractivity contribution in [2.45, 2.75) is 19.3 Å². The number of nitrogens with two attached hydrogens (primary N) is 1. The van der Waals surface area contributed by atoms with E-state index in [-0.39, 0.29) is 11.3 Å². The fourth-order valence-electron chi connectivity index (χ4n) is 2.33.